The maximum Gasteiger partial charge on any atom is -0.0121 e. The number of allylic oxidation sites excluding steroid dienone is 1. The van der Waals surface area contributed by atoms with E-state index in [1.54, 1.807) is 0 Å². The summed E-state index contributed by atoms with van der Waals surface area (Å²) >= 11 is 0. The zero-order valence-electron chi connectivity index (χ0n) is 7.57. The molecule has 0 aromatic heterocycles. The molecule has 1 aliphatic carbocycles. The molecular weight excluding hydrogens is 120 g/mol. The van der Waals surface area contributed by atoms with Gasteiger partial charge >= 0.3 is 0 Å². The maximum absolute atomic E-state index is 4.01. The summed E-state index contributed by atoms with van der Waals surface area (Å²) in [4.78, 5) is 0. The molecule has 10 heavy (non-hydrogen) atoms. The molecule has 0 heterocycles. The van der Waals surface area contributed by atoms with Gasteiger partial charge in [0.05, 0.1) is 0 Å². The highest BCUT2D eigenvalue weighted by molar-refractivity contribution is 5.18. The lowest BCUT2D eigenvalue weighted by Crippen LogP contribution is -1.90. The van der Waals surface area contributed by atoms with Crippen LogP contribution in [-0.2, 0) is 0 Å². The Morgan fingerprint density at radius 3 is 2.10 bits per heavy atom. The number of hydrogen-bond acceptors (Lipinski definition) is 0. The molecule has 0 nitrogen and oxygen atoms in total. The molecule has 2 unspecified atom stereocenters. The lowest BCUT2D eigenvalue weighted by molar-refractivity contribution is 0.540. The molecule has 0 heteroatoms. The average Bonchev–Trinajstić information content (AvgIpc) is 2.33. The van der Waals surface area contributed by atoms with Crippen LogP contribution >= 0.6 is 0 Å². The Kier molecular flexibility index (Phi) is 1.66. The van der Waals surface area contributed by atoms with E-state index in [1.807, 2.05) is 0 Å². The van der Waals surface area contributed by atoms with Gasteiger partial charge in [-0.05, 0) is 24.2 Å². The molecule has 1 fully saturated rings. The van der Waals surface area contributed by atoms with Crippen LogP contribution < -0.4 is 0 Å². The topological polar surface area (TPSA) is 0 Å². The highest BCUT2D eigenvalue weighted by Crippen LogP contribution is 2.62. The van der Waals surface area contributed by atoms with E-state index in [4.69, 9.17) is 0 Å². The second-order valence-electron chi connectivity index (χ2n) is 4.16. The minimum absolute atomic E-state index is 0.556. The van der Waals surface area contributed by atoms with Crippen molar-refractivity contribution in [1.82, 2.24) is 0 Å². The van der Waals surface area contributed by atoms with E-state index in [0.717, 1.165) is 11.8 Å². The highest BCUT2D eigenvalue weighted by atomic mass is 14.6. The summed E-state index contributed by atoms with van der Waals surface area (Å²) in [5.41, 5.74) is 1.93. The van der Waals surface area contributed by atoms with Crippen LogP contribution in [0.2, 0.25) is 0 Å². The average molecular weight is 138 g/mol. The molecule has 58 valence electrons. The molecule has 1 saturated carbocycles. The van der Waals surface area contributed by atoms with Crippen molar-refractivity contribution in [3.8, 4) is 0 Å². The van der Waals surface area contributed by atoms with E-state index in [0.29, 0.717) is 5.41 Å². The molecule has 2 atom stereocenters. The Hall–Kier alpha value is -0.260. The van der Waals surface area contributed by atoms with Crippen molar-refractivity contribution in [2.75, 3.05) is 0 Å². The van der Waals surface area contributed by atoms with Gasteiger partial charge in [0.15, 0.2) is 0 Å². The van der Waals surface area contributed by atoms with E-state index < -0.39 is 0 Å². The van der Waals surface area contributed by atoms with Gasteiger partial charge in [0.25, 0.3) is 0 Å². The molecule has 0 radical (unpaired) electrons. The molecule has 1 rings (SSSR count). The van der Waals surface area contributed by atoms with Gasteiger partial charge in [-0.15, -0.1) is 0 Å². The third-order valence-corrected chi connectivity index (χ3v) is 3.02. The molecule has 0 saturated heterocycles. The normalized spacial score (nSPS) is 35.6. The van der Waals surface area contributed by atoms with Gasteiger partial charge in [0.2, 0.25) is 0 Å². The SMILES string of the molecule is C=C(C)C1C(CC)C1(C)C. The Balaban J connectivity index is 2.61. The first-order chi connectivity index (χ1) is 4.51. The molecular formula is C10H18. The fourth-order valence-corrected chi connectivity index (χ4v) is 2.48. The zero-order valence-corrected chi connectivity index (χ0v) is 7.57. The van der Waals surface area contributed by atoms with Gasteiger partial charge in [0.1, 0.15) is 0 Å². The molecule has 0 aliphatic heterocycles. The summed E-state index contributed by atoms with van der Waals surface area (Å²) < 4.78 is 0. The van der Waals surface area contributed by atoms with Crippen molar-refractivity contribution in [1.29, 1.82) is 0 Å². The summed E-state index contributed by atoms with van der Waals surface area (Å²) in [5, 5.41) is 0. The molecule has 0 aromatic carbocycles. The van der Waals surface area contributed by atoms with Gasteiger partial charge in [-0.2, -0.15) is 0 Å². The lowest BCUT2D eigenvalue weighted by atomic mass is 10.1. The van der Waals surface area contributed by atoms with Crippen LogP contribution in [0.3, 0.4) is 0 Å². The van der Waals surface area contributed by atoms with Crippen LogP contribution in [0.15, 0.2) is 12.2 Å². The predicted molar refractivity (Wildman–Crippen MR) is 45.9 cm³/mol. The first-order valence-corrected chi connectivity index (χ1v) is 4.17. The monoisotopic (exact) mass is 138 g/mol. The van der Waals surface area contributed by atoms with Gasteiger partial charge < -0.3 is 0 Å². The molecule has 0 bridgehead atoms. The third-order valence-electron chi connectivity index (χ3n) is 3.02. The Labute approximate surface area is 64.3 Å². The van der Waals surface area contributed by atoms with Crippen LogP contribution in [-0.4, -0.2) is 0 Å². The smallest absolute Gasteiger partial charge is 0.0121 e. The number of rotatable bonds is 2. The van der Waals surface area contributed by atoms with Crippen LogP contribution in [0.5, 0.6) is 0 Å². The largest absolute Gasteiger partial charge is 0.0998 e. The standard InChI is InChI=1S/C10H18/c1-6-8-9(7(2)3)10(8,4)5/h8-9H,2,6H2,1,3-5H3. The van der Waals surface area contributed by atoms with Crippen molar-refractivity contribution in [3.05, 3.63) is 12.2 Å². The Morgan fingerprint density at radius 2 is 2.00 bits per heavy atom. The third kappa shape index (κ3) is 0.902. The summed E-state index contributed by atoms with van der Waals surface area (Å²) in [6.45, 7) is 13.1. The van der Waals surface area contributed by atoms with E-state index in [1.165, 1.54) is 12.0 Å². The maximum atomic E-state index is 4.01. The van der Waals surface area contributed by atoms with Gasteiger partial charge in [-0.1, -0.05) is 39.3 Å². The van der Waals surface area contributed by atoms with Crippen molar-refractivity contribution in [3.63, 3.8) is 0 Å². The van der Waals surface area contributed by atoms with Crippen molar-refractivity contribution in [2.24, 2.45) is 17.3 Å². The quantitative estimate of drug-likeness (QED) is 0.514. The Morgan fingerprint density at radius 1 is 1.50 bits per heavy atom. The number of hydrogen-bond donors (Lipinski definition) is 0. The van der Waals surface area contributed by atoms with Gasteiger partial charge in [0, 0.05) is 0 Å². The fourth-order valence-electron chi connectivity index (χ4n) is 2.48. The second-order valence-corrected chi connectivity index (χ2v) is 4.16. The van der Waals surface area contributed by atoms with Crippen molar-refractivity contribution < 1.29 is 0 Å². The summed E-state index contributed by atoms with van der Waals surface area (Å²) in [7, 11) is 0. The summed E-state index contributed by atoms with van der Waals surface area (Å²) in [6.07, 6.45) is 1.31. The van der Waals surface area contributed by atoms with Gasteiger partial charge in [-0.3, -0.25) is 0 Å². The van der Waals surface area contributed by atoms with Crippen LogP contribution in [0, 0.1) is 17.3 Å². The zero-order chi connectivity index (χ0) is 7.94. The van der Waals surface area contributed by atoms with E-state index in [9.17, 15) is 0 Å². The molecule has 0 N–H and O–H groups in total. The first-order valence-electron chi connectivity index (χ1n) is 4.17. The van der Waals surface area contributed by atoms with Gasteiger partial charge in [-0.25, -0.2) is 0 Å². The summed E-state index contributed by atoms with van der Waals surface area (Å²) in [5.74, 6) is 1.71. The lowest BCUT2D eigenvalue weighted by Gasteiger charge is -1.99. The summed E-state index contributed by atoms with van der Waals surface area (Å²) in [6, 6.07) is 0. The van der Waals surface area contributed by atoms with E-state index in [2.05, 4.69) is 34.3 Å². The minimum Gasteiger partial charge on any atom is -0.0998 e. The van der Waals surface area contributed by atoms with E-state index >= 15 is 0 Å². The van der Waals surface area contributed by atoms with E-state index in [-0.39, 0.29) is 0 Å². The Bertz CT molecular complexity index is 153. The molecule has 1 aliphatic rings. The molecule has 0 amide bonds. The minimum atomic E-state index is 0.556. The second kappa shape index (κ2) is 2.11. The first kappa shape index (κ1) is 7.84. The van der Waals surface area contributed by atoms with Crippen LogP contribution in [0.4, 0.5) is 0 Å². The predicted octanol–water partition coefficient (Wildman–Crippen LogP) is 3.24. The van der Waals surface area contributed by atoms with Crippen molar-refractivity contribution in [2.45, 2.75) is 34.1 Å². The fraction of sp³-hybridized carbons (Fsp3) is 0.800. The molecule has 0 spiro atoms. The highest BCUT2D eigenvalue weighted by Gasteiger charge is 2.56. The van der Waals surface area contributed by atoms with Crippen LogP contribution in [0.1, 0.15) is 34.1 Å². The van der Waals surface area contributed by atoms with Crippen LogP contribution in [0.25, 0.3) is 0 Å². The van der Waals surface area contributed by atoms with Crippen molar-refractivity contribution >= 4 is 0 Å². The molecule has 0 aromatic rings.